The molecule has 3 nitrogen and oxygen atoms in total. The Morgan fingerprint density at radius 3 is 2.20 bits per heavy atom. The van der Waals surface area contributed by atoms with Gasteiger partial charge in [0.05, 0.1) is 0 Å². The molecule has 0 radical (unpaired) electrons. The summed E-state index contributed by atoms with van der Waals surface area (Å²) in [6, 6.07) is 0. The molecule has 3 heteroatoms. The van der Waals surface area contributed by atoms with E-state index >= 15 is 0 Å². The molecular formula is C12H23NO2. The van der Waals surface area contributed by atoms with Crippen LogP contribution in [0.1, 0.15) is 46.5 Å². The van der Waals surface area contributed by atoms with Gasteiger partial charge in [-0.2, -0.15) is 0 Å². The average molecular weight is 213 g/mol. The van der Waals surface area contributed by atoms with Crippen molar-refractivity contribution in [2.45, 2.75) is 52.0 Å². The quantitative estimate of drug-likeness (QED) is 0.733. The van der Waals surface area contributed by atoms with Gasteiger partial charge < -0.3 is 10.4 Å². The van der Waals surface area contributed by atoms with Crippen molar-refractivity contribution in [3.05, 3.63) is 0 Å². The van der Waals surface area contributed by atoms with Crippen LogP contribution in [0.2, 0.25) is 0 Å². The Morgan fingerprint density at radius 2 is 1.80 bits per heavy atom. The second-order valence-corrected chi connectivity index (χ2v) is 5.64. The summed E-state index contributed by atoms with van der Waals surface area (Å²) in [5, 5.41) is 12.0. The van der Waals surface area contributed by atoms with E-state index in [1.54, 1.807) is 0 Å². The maximum Gasteiger partial charge on any atom is 0.223 e. The Balaban J connectivity index is 2.37. The molecule has 1 aliphatic rings. The van der Waals surface area contributed by atoms with Gasteiger partial charge in [-0.05, 0) is 52.4 Å². The summed E-state index contributed by atoms with van der Waals surface area (Å²) < 4.78 is 0. The third-order valence-corrected chi connectivity index (χ3v) is 2.97. The number of amides is 1. The summed E-state index contributed by atoms with van der Waals surface area (Å²) in [5.74, 6) is 0.759. The average Bonchev–Trinajstić information content (AvgIpc) is 2.15. The van der Waals surface area contributed by atoms with Gasteiger partial charge in [-0.1, -0.05) is 0 Å². The van der Waals surface area contributed by atoms with Gasteiger partial charge in [0, 0.05) is 18.1 Å². The molecule has 0 heterocycles. The molecule has 2 N–H and O–H groups in total. The number of carbonyl (C=O) groups excluding carboxylic acids is 1. The lowest BCUT2D eigenvalue weighted by Crippen LogP contribution is -2.44. The largest absolute Gasteiger partial charge is 0.396 e. The van der Waals surface area contributed by atoms with E-state index in [2.05, 4.69) is 5.32 Å². The number of aliphatic hydroxyl groups is 1. The molecule has 0 spiro atoms. The number of aliphatic hydroxyl groups excluding tert-OH is 1. The Bertz CT molecular complexity index is 212. The van der Waals surface area contributed by atoms with Crippen molar-refractivity contribution < 1.29 is 9.90 Å². The fourth-order valence-corrected chi connectivity index (χ4v) is 2.08. The number of rotatable bonds is 2. The third-order valence-electron chi connectivity index (χ3n) is 2.97. The topological polar surface area (TPSA) is 49.3 Å². The summed E-state index contributed by atoms with van der Waals surface area (Å²) in [6.07, 6.45) is 3.82. The van der Waals surface area contributed by atoms with Gasteiger partial charge in [0.15, 0.2) is 0 Å². The minimum Gasteiger partial charge on any atom is -0.396 e. The minimum atomic E-state index is -0.134. The Morgan fingerprint density at radius 1 is 1.27 bits per heavy atom. The maximum atomic E-state index is 11.8. The van der Waals surface area contributed by atoms with Crippen LogP contribution in [0.15, 0.2) is 0 Å². The molecule has 88 valence electrons. The molecule has 0 aliphatic heterocycles. The van der Waals surface area contributed by atoms with Gasteiger partial charge in [-0.3, -0.25) is 4.79 Å². The van der Waals surface area contributed by atoms with Gasteiger partial charge >= 0.3 is 0 Å². The summed E-state index contributed by atoms with van der Waals surface area (Å²) in [4.78, 5) is 11.8. The third kappa shape index (κ3) is 4.20. The van der Waals surface area contributed by atoms with Crippen LogP contribution in [0.5, 0.6) is 0 Å². The summed E-state index contributed by atoms with van der Waals surface area (Å²) in [6.45, 7) is 6.28. The molecule has 0 bridgehead atoms. The normalized spacial score (nSPS) is 27.5. The maximum absolute atomic E-state index is 11.8. The van der Waals surface area contributed by atoms with Crippen molar-refractivity contribution in [1.82, 2.24) is 5.32 Å². The number of nitrogens with one attached hydrogen (secondary N) is 1. The minimum absolute atomic E-state index is 0.134. The van der Waals surface area contributed by atoms with Crippen LogP contribution in [-0.4, -0.2) is 23.2 Å². The zero-order chi connectivity index (χ0) is 11.5. The van der Waals surface area contributed by atoms with Crippen molar-refractivity contribution in [2.75, 3.05) is 6.61 Å². The molecule has 0 saturated heterocycles. The molecule has 0 aromatic carbocycles. The van der Waals surface area contributed by atoms with Gasteiger partial charge in [-0.15, -0.1) is 0 Å². The van der Waals surface area contributed by atoms with E-state index in [1.807, 2.05) is 20.8 Å². The van der Waals surface area contributed by atoms with Gasteiger partial charge in [0.2, 0.25) is 5.91 Å². The highest BCUT2D eigenvalue weighted by molar-refractivity contribution is 5.79. The Labute approximate surface area is 92.3 Å². The summed E-state index contributed by atoms with van der Waals surface area (Å²) >= 11 is 0. The number of carbonyl (C=O) groups is 1. The van der Waals surface area contributed by atoms with Crippen LogP contribution in [0.3, 0.4) is 0 Å². The zero-order valence-corrected chi connectivity index (χ0v) is 10.0. The monoisotopic (exact) mass is 213 g/mol. The standard InChI is InChI=1S/C12H23NO2/c1-12(2,3)13-11(15)10-6-4-9(8-14)5-7-10/h9-10,14H,4-8H2,1-3H3,(H,13,15). The fraction of sp³-hybridized carbons (Fsp3) is 0.917. The molecule has 1 rings (SSSR count). The van der Waals surface area contributed by atoms with E-state index in [0.717, 1.165) is 25.7 Å². The van der Waals surface area contributed by atoms with Gasteiger partial charge in [0.25, 0.3) is 0 Å². The lowest BCUT2D eigenvalue weighted by molar-refractivity contribution is -0.127. The van der Waals surface area contributed by atoms with E-state index in [9.17, 15) is 4.79 Å². The zero-order valence-electron chi connectivity index (χ0n) is 10.0. The van der Waals surface area contributed by atoms with Gasteiger partial charge in [-0.25, -0.2) is 0 Å². The molecule has 1 aliphatic carbocycles. The van der Waals surface area contributed by atoms with Crippen LogP contribution in [-0.2, 0) is 4.79 Å². The van der Waals surface area contributed by atoms with E-state index in [1.165, 1.54) is 0 Å². The predicted molar refractivity (Wildman–Crippen MR) is 60.4 cm³/mol. The number of hydrogen-bond donors (Lipinski definition) is 2. The van der Waals surface area contributed by atoms with E-state index in [4.69, 9.17) is 5.11 Å². The van der Waals surface area contributed by atoms with E-state index < -0.39 is 0 Å². The molecule has 15 heavy (non-hydrogen) atoms. The van der Waals surface area contributed by atoms with E-state index in [0.29, 0.717) is 5.92 Å². The molecule has 0 aromatic heterocycles. The SMILES string of the molecule is CC(C)(C)NC(=O)C1CCC(CO)CC1. The highest BCUT2D eigenvalue weighted by atomic mass is 16.3. The second kappa shape index (κ2) is 4.97. The summed E-state index contributed by atoms with van der Waals surface area (Å²) in [5.41, 5.74) is -0.134. The highest BCUT2D eigenvalue weighted by Gasteiger charge is 2.27. The first-order valence-corrected chi connectivity index (χ1v) is 5.85. The molecule has 1 amide bonds. The van der Waals surface area contributed by atoms with Crippen LogP contribution in [0, 0.1) is 11.8 Å². The second-order valence-electron chi connectivity index (χ2n) is 5.64. The highest BCUT2D eigenvalue weighted by Crippen LogP contribution is 2.28. The number of hydrogen-bond acceptors (Lipinski definition) is 2. The molecule has 1 fully saturated rings. The van der Waals surface area contributed by atoms with Crippen LogP contribution >= 0.6 is 0 Å². The first kappa shape index (κ1) is 12.5. The van der Waals surface area contributed by atoms with E-state index in [-0.39, 0.29) is 24.0 Å². The van der Waals surface area contributed by atoms with Crippen molar-refractivity contribution >= 4 is 5.91 Å². The molecule has 0 atom stereocenters. The molecule has 0 unspecified atom stereocenters. The van der Waals surface area contributed by atoms with Crippen molar-refractivity contribution in [1.29, 1.82) is 0 Å². The van der Waals surface area contributed by atoms with Crippen LogP contribution < -0.4 is 5.32 Å². The fourth-order valence-electron chi connectivity index (χ4n) is 2.08. The molecular weight excluding hydrogens is 190 g/mol. The Kier molecular flexibility index (Phi) is 4.14. The van der Waals surface area contributed by atoms with Crippen LogP contribution in [0.4, 0.5) is 0 Å². The van der Waals surface area contributed by atoms with Crippen molar-refractivity contribution in [3.63, 3.8) is 0 Å². The van der Waals surface area contributed by atoms with Crippen molar-refractivity contribution in [2.24, 2.45) is 11.8 Å². The smallest absolute Gasteiger partial charge is 0.223 e. The first-order valence-electron chi connectivity index (χ1n) is 5.85. The van der Waals surface area contributed by atoms with Crippen LogP contribution in [0.25, 0.3) is 0 Å². The molecule has 0 aromatic rings. The van der Waals surface area contributed by atoms with Crippen molar-refractivity contribution in [3.8, 4) is 0 Å². The van der Waals surface area contributed by atoms with Gasteiger partial charge in [0.1, 0.15) is 0 Å². The summed E-state index contributed by atoms with van der Waals surface area (Å²) in [7, 11) is 0. The lowest BCUT2D eigenvalue weighted by atomic mass is 9.81. The lowest BCUT2D eigenvalue weighted by Gasteiger charge is -2.29. The predicted octanol–water partition coefficient (Wildman–Crippen LogP) is 1.70. The first-order chi connectivity index (χ1) is 6.92. The Hall–Kier alpha value is -0.570. The molecule has 1 saturated carbocycles.